The Balaban J connectivity index is 2.06. The van der Waals surface area contributed by atoms with Crippen LogP contribution >= 0.6 is 0 Å². The van der Waals surface area contributed by atoms with Crippen molar-refractivity contribution in [1.29, 1.82) is 0 Å². The fourth-order valence-corrected chi connectivity index (χ4v) is 10.3. The van der Waals surface area contributed by atoms with Crippen LogP contribution in [0.1, 0.15) is 104 Å². The van der Waals surface area contributed by atoms with Gasteiger partial charge in [-0.3, -0.25) is 0 Å². The molecule has 0 bridgehead atoms. The third kappa shape index (κ3) is 9.35. The molecule has 0 nitrogen and oxygen atoms in total. The summed E-state index contributed by atoms with van der Waals surface area (Å²) in [6.07, 6.45) is 19.7. The summed E-state index contributed by atoms with van der Waals surface area (Å²) in [7, 11) is -1.70. The highest BCUT2D eigenvalue weighted by Gasteiger charge is 2.35. The maximum Gasteiger partial charge on any atom is 0.118 e. The Morgan fingerprint density at radius 1 is 0.419 bits per heavy atom. The molecule has 0 unspecified atom stereocenters. The van der Waals surface area contributed by atoms with Crippen molar-refractivity contribution in [3.8, 4) is 0 Å². The van der Waals surface area contributed by atoms with Gasteiger partial charge in [0.2, 0.25) is 0 Å². The normalized spacial score (nSPS) is 11.7. The summed E-state index contributed by atoms with van der Waals surface area (Å²) in [6.45, 7) is 4.62. The van der Waals surface area contributed by atoms with Gasteiger partial charge >= 0.3 is 0 Å². The molecule has 2 aromatic rings. The molecule has 0 saturated carbocycles. The van der Waals surface area contributed by atoms with Crippen molar-refractivity contribution < 1.29 is 0 Å². The second-order valence-electron chi connectivity index (χ2n) is 9.56. The Morgan fingerprint density at radius 2 is 0.742 bits per heavy atom. The number of hydrogen-bond acceptors (Lipinski definition) is 0. The van der Waals surface area contributed by atoms with Crippen LogP contribution in [0.5, 0.6) is 0 Å². The van der Waals surface area contributed by atoms with E-state index in [1.165, 1.54) is 102 Å². The molecular formula is C30H48Si. The second kappa shape index (κ2) is 16.3. The van der Waals surface area contributed by atoms with Gasteiger partial charge in [0.25, 0.3) is 0 Å². The fourth-order valence-electron chi connectivity index (χ4n) is 5.15. The van der Waals surface area contributed by atoms with E-state index in [1.54, 1.807) is 10.4 Å². The SMILES string of the molecule is CCCCCCCCC[Si](CCCCCCCCC)(c1ccccc1)c1ccccc1. The average Bonchev–Trinajstić information content (AvgIpc) is 2.83. The lowest BCUT2D eigenvalue weighted by molar-refractivity contribution is 0.596. The van der Waals surface area contributed by atoms with Crippen molar-refractivity contribution in [2.45, 2.75) is 116 Å². The van der Waals surface area contributed by atoms with Crippen LogP contribution in [0.4, 0.5) is 0 Å². The highest BCUT2D eigenvalue weighted by molar-refractivity contribution is 7.02. The van der Waals surface area contributed by atoms with Gasteiger partial charge in [-0.1, -0.05) is 175 Å². The number of rotatable bonds is 18. The average molecular weight is 437 g/mol. The quantitative estimate of drug-likeness (QED) is 0.162. The Bertz CT molecular complexity index is 589. The Kier molecular flexibility index (Phi) is 13.6. The maximum atomic E-state index is 2.45. The van der Waals surface area contributed by atoms with Crippen LogP contribution in [-0.2, 0) is 0 Å². The summed E-state index contributed by atoms with van der Waals surface area (Å²) in [5.74, 6) is 0. The van der Waals surface area contributed by atoms with Crippen LogP contribution in [0, 0.1) is 0 Å². The molecule has 0 aliphatic carbocycles. The molecule has 2 aromatic carbocycles. The van der Waals surface area contributed by atoms with E-state index in [9.17, 15) is 0 Å². The van der Waals surface area contributed by atoms with Crippen LogP contribution < -0.4 is 10.4 Å². The molecule has 172 valence electrons. The van der Waals surface area contributed by atoms with Crippen molar-refractivity contribution in [2.75, 3.05) is 0 Å². The predicted octanol–water partition coefficient (Wildman–Crippen LogP) is 8.75. The van der Waals surface area contributed by atoms with Crippen LogP contribution in [-0.4, -0.2) is 8.07 Å². The third-order valence-electron chi connectivity index (χ3n) is 7.07. The van der Waals surface area contributed by atoms with Gasteiger partial charge < -0.3 is 0 Å². The zero-order valence-electron chi connectivity index (χ0n) is 20.6. The number of hydrogen-bond donors (Lipinski definition) is 0. The molecule has 0 aliphatic rings. The highest BCUT2D eigenvalue weighted by Crippen LogP contribution is 2.24. The Labute approximate surface area is 194 Å². The number of unbranched alkanes of at least 4 members (excludes halogenated alkanes) is 12. The summed E-state index contributed by atoms with van der Waals surface area (Å²) in [5.41, 5.74) is 0. The molecule has 0 N–H and O–H groups in total. The molecule has 0 amide bonds. The molecule has 0 spiro atoms. The van der Waals surface area contributed by atoms with E-state index in [1.807, 2.05) is 0 Å². The zero-order valence-corrected chi connectivity index (χ0v) is 21.6. The second-order valence-corrected chi connectivity index (χ2v) is 13.9. The monoisotopic (exact) mass is 436 g/mol. The molecule has 0 aromatic heterocycles. The smallest absolute Gasteiger partial charge is 0.0654 e. The van der Waals surface area contributed by atoms with Gasteiger partial charge in [-0.25, -0.2) is 0 Å². The Hall–Kier alpha value is -1.34. The van der Waals surface area contributed by atoms with Gasteiger partial charge in [-0.2, -0.15) is 0 Å². The molecule has 0 atom stereocenters. The summed E-state index contributed by atoms with van der Waals surface area (Å²) < 4.78 is 0. The predicted molar refractivity (Wildman–Crippen MR) is 144 cm³/mol. The largest absolute Gasteiger partial charge is 0.118 e. The molecule has 0 aliphatic heterocycles. The highest BCUT2D eigenvalue weighted by atomic mass is 28.3. The van der Waals surface area contributed by atoms with Crippen molar-refractivity contribution in [2.24, 2.45) is 0 Å². The van der Waals surface area contributed by atoms with Crippen LogP contribution in [0.25, 0.3) is 0 Å². The number of benzene rings is 2. The minimum absolute atomic E-state index is 1.34. The first-order valence-electron chi connectivity index (χ1n) is 13.4. The molecular weight excluding hydrogens is 388 g/mol. The Morgan fingerprint density at radius 3 is 1.10 bits per heavy atom. The first-order chi connectivity index (χ1) is 15.3. The molecule has 0 fully saturated rings. The lowest BCUT2D eigenvalue weighted by Gasteiger charge is -2.33. The minimum atomic E-state index is -1.70. The molecule has 1 heteroatoms. The van der Waals surface area contributed by atoms with Gasteiger partial charge in [0.15, 0.2) is 0 Å². The van der Waals surface area contributed by atoms with E-state index in [4.69, 9.17) is 0 Å². The van der Waals surface area contributed by atoms with Gasteiger partial charge in [0.1, 0.15) is 8.07 Å². The van der Waals surface area contributed by atoms with Crippen molar-refractivity contribution >= 4 is 18.4 Å². The lowest BCUT2D eigenvalue weighted by Crippen LogP contribution is -2.58. The van der Waals surface area contributed by atoms with E-state index >= 15 is 0 Å². The summed E-state index contributed by atoms with van der Waals surface area (Å²) in [4.78, 5) is 0. The molecule has 2 rings (SSSR count). The standard InChI is InChI=1S/C30H48Si/c1-3-5-7-9-11-13-21-27-31(29-23-17-15-18-24-29,30-25-19-16-20-26-30)28-22-14-12-10-8-6-4-2/h15-20,23-26H,3-14,21-22,27-28H2,1-2H3. The lowest BCUT2D eigenvalue weighted by atomic mass is 10.1. The van der Waals surface area contributed by atoms with Crippen molar-refractivity contribution in [3.05, 3.63) is 60.7 Å². The van der Waals surface area contributed by atoms with Crippen LogP contribution in [0.15, 0.2) is 60.7 Å². The van der Waals surface area contributed by atoms with Crippen LogP contribution in [0.2, 0.25) is 12.1 Å². The zero-order chi connectivity index (χ0) is 22.0. The third-order valence-corrected chi connectivity index (χ3v) is 12.4. The molecule has 0 saturated heterocycles. The van der Waals surface area contributed by atoms with E-state index in [-0.39, 0.29) is 0 Å². The van der Waals surface area contributed by atoms with Gasteiger partial charge in [-0.15, -0.1) is 0 Å². The molecule has 0 radical (unpaired) electrons. The van der Waals surface area contributed by atoms with Gasteiger partial charge in [-0.05, 0) is 12.1 Å². The molecule has 31 heavy (non-hydrogen) atoms. The first-order valence-corrected chi connectivity index (χ1v) is 15.9. The maximum absolute atomic E-state index is 2.45. The first kappa shape index (κ1) is 25.9. The summed E-state index contributed by atoms with van der Waals surface area (Å²) in [6, 6.07) is 26.1. The van der Waals surface area contributed by atoms with Crippen molar-refractivity contribution in [3.63, 3.8) is 0 Å². The fraction of sp³-hybridized carbons (Fsp3) is 0.600. The topological polar surface area (TPSA) is 0 Å². The van der Waals surface area contributed by atoms with Crippen LogP contribution in [0.3, 0.4) is 0 Å². The van der Waals surface area contributed by atoms with Crippen molar-refractivity contribution in [1.82, 2.24) is 0 Å². The van der Waals surface area contributed by atoms with E-state index < -0.39 is 8.07 Å². The van der Waals surface area contributed by atoms with E-state index in [0.29, 0.717) is 0 Å². The van der Waals surface area contributed by atoms with E-state index in [0.717, 1.165) is 0 Å². The molecule has 0 heterocycles. The van der Waals surface area contributed by atoms with Gasteiger partial charge in [0, 0.05) is 0 Å². The van der Waals surface area contributed by atoms with E-state index in [2.05, 4.69) is 74.5 Å². The summed E-state index contributed by atoms with van der Waals surface area (Å²) in [5, 5.41) is 3.33. The minimum Gasteiger partial charge on any atom is -0.0654 e. The van der Waals surface area contributed by atoms with Gasteiger partial charge in [0.05, 0.1) is 0 Å². The summed E-state index contributed by atoms with van der Waals surface area (Å²) >= 11 is 0.